The first kappa shape index (κ1) is 12.7. The number of carbonyl (C=O) groups is 2. The number of cyclic esters (lactones) is 2. The molecular formula is C16H14O4. The topological polar surface area (TPSA) is 52.6 Å². The first-order valence-electron chi connectivity index (χ1n) is 6.42. The maximum Gasteiger partial charge on any atom is 0.334 e. The SMILES string of the molecule is C=C1CC(c2ccc(C3CC(=C)C(=O)O3)cc2)OC1=O. The van der Waals surface area contributed by atoms with Gasteiger partial charge in [-0.05, 0) is 11.1 Å². The highest BCUT2D eigenvalue weighted by atomic mass is 16.6. The van der Waals surface area contributed by atoms with Gasteiger partial charge in [-0.1, -0.05) is 37.4 Å². The maximum atomic E-state index is 11.3. The Balaban J connectivity index is 1.75. The highest BCUT2D eigenvalue weighted by molar-refractivity contribution is 5.90. The second-order valence-corrected chi connectivity index (χ2v) is 5.07. The van der Waals surface area contributed by atoms with Crippen LogP contribution in [0.15, 0.2) is 48.6 Å². The lowest BCUT2D eigenvalue weighted by Gasteiger charge is -2.12. The summed E-state index contributed by atoms with van der Waals surface area (Å²) in [5.74, 6) is -0.666. The Morgan fingerprint density at radius 2 is 1.15 bits per heavy atom. The number of hydrogen-bond acceptors (Lipinski definition) is 4. The van der Waals surface area contributed by atoms with E-state index in [0.29, 0.717) is 24.0 Å². The van der Waals surface area contributed by atoms with Gasteiger partial charge < -0.3 is 9.47 Å². The van der Waals surface area contributed by atoms with E-state index in [0.717, 1.165) is 11.1 Å². The Bertz CT molecular complexity index is 525. The van der Waals surface area contributed by atoms with Crippen LogP contribution in [0, 0.1) is 0 Å². The minimum absolute atomic E-state index is 0.259. The molecule has 102 valence electrons. The molecule has 1 aromatic carbocycles. The smallest absolute Gasteiger partial charge is 0.334 e. The van der Waals surface area contributed by atoms with Crippen LogP contribution in [0.2, 0.25) is 0 Å². The van der Waals surface area contributed by atoms with Crippen LogP contribution in [0.5, 0.6) is 0 Å². The molecule has 2 aliphatic heterocycles. The molecule has 0 amide bonds. The zero-order chi connectivity index (χ0) is 14.3. The summed E-state index contributed by atoms with van der Waals surface area (Å²) in [5, 5.41) is 0. The van der Waals surface area contributed by atoms with E-state index in [9.17, 15) is 9.59 Å². The van der Waals surface area contributed by atoms with Crippen LogP contribution in [-0.4, -0.2) is 11.9 Å². The molecule has 2 saturated heterocycles. The van der Waals surface area contributed by atoms with E-state index in [1.165, 1.54) is 0 Å². The summed E-state index contributed by atoms with van der Waals surface area (Å²) in [4.78, 5) is 22.6. The first-order chi connectivity index (χ1) is 9.54. The van der Waals surface area contributed by atoms with Crippen LogP contribution in [0.25, 0.3) is 0 Å². The molecule has 0 saturated carbocycles. The predicted octanol–water partition coefficient (Wildman–Crippen LogP) is 2.78. The van der Waals surface area contributed by atoms with Crippen molar-refractivity contribution in [1.29, 1.82) is 0 Å². The highest BCUT2D eigenvalue weighted by Gasteiger charge is 2.30. The van der Waals surface area contributed by atoms with Gasteiger partial charge in [-0.3, -0.25) is 0 Å². The summed E-state index contributed by atoms with van der Waals surface area (Å²) in [6, 6.07) is 7.56. The van der Waals surface area contributed by atoms with E-state index in [2.05, 4.69) is 13.2 Å². The Morgan fingerprint density at radius 1 is 0.800 bits per heavy atom. The summed E-state index contributed by atoms with van der Waals surface area (Å²) in [6.45, 7) is 7.33. The molecule has 2 heterocycles. The first-order valence-corrected chi connectivity index (χ1v) is 6.42. The quantitative estimate of drug-likeness (QED) is 0.612. The van der Waals surface area contributed by atoms with E-state index < -0.39 is 0 Å². The molecule has 2 aliphatic rings. The van der Waals surface area contributed by atoms with E-state index in [1.807, 2.05) is 24.3 Å². The van der Waals surface area contributed by atoms with Crippen molar-refractivity contribution in [3.63, 3.8) is 0 Å². The molecule has 0 aromatic heterocycles. The number of esters is 2. The molecule has 1 aromatic rings. The Kier molecular flexibility index (Phi) is 2.93. The number of hydrogen-bond donors (Lipinski definition) is 0. The molecule has 0 radical (unpaired) electrons. The van der Waals surface area contributed by atoms with Gasteiger partial charge >= 0.3 is 11.9 Å². The van der Waals surface area contributed by atoms with Crippen molar-refractivity contribution < 1.29 is 19.1 Å². The molecule has 2 fully saturated rings. The lowest BCUT2D eigenvalue weighted by atomic mass is 10.00. The van der Waals surface area contributed by atoms with Crippen LogP contribution >= 0.6 is 0 Å². The molecule has 4 heteroatoms. The van der Waals surface area contributed by atoms with Crippen LogP contribution in [0.4, 0.5) is 0 Å². The molecule has 2 unspecified atom stereocenters. The fourth-order valence-electron chi connectivity index (χ4n) is 2.42. The van der Waals surface area contributed by atoms with Gasteiger partial charge in [0.05, 0.1) is 0 Å². The van der Waals surface area contributed by atoms with Crippen molar-refractivity contribution in [2.24, 2.45) is 0 Å². The normalized spacial score (nSPS) is 25.8. The monoisotopic (exact) mass is 270 g/mol. The van der Waals surface area contributed by atoms with Crippen molar-refractivity contribution in [2.75, 3.05) is 0 Å². The summed E-state index contributed by atoms with van der Waals surface area (Å²) < 4.78 is 10.4. The molecule has 0 N–H and O–H groups in total. The van der Waals surface area contributed by atoms with Crippen molar-refractivity contribution in [1.82, 2.24) is 0 Å². The van der Waals surface area contributed by atoms with Gasteiger partial charge in [0.15, 0.2) is 0 Å². The average molecular weight is 270 g/mol. The fraction of sp³-hybridized carbons (Fsp3) is 0.250. The van der Waals surface area contributed by atoms with Gasteiger partial charge in [0.25, 0.3) is 0 Å². The minimum atomic E-state index is -0.333. The van der Waals surface area contributed by atoms with E-state index in [1.54, 1.807) is 0 Å². The second kappa shape index (κ2) is 4.63. The molecule has 0 bridgehead atoms. The van der Waals surface area contributed by atoms with E-state index in [-0.39, 0.29) is 24.1 Å². The molecule has 20 heavy (non-hydrogen) atoms. The third-order valence-corrected chi connectivity index (χ3v) is 3.62. The van der Waals surface area contributed by atoms with Crippen LogP contribution < -0.4 is 0 Å². The molecule has 4 nitrogen and oxygen atoms in total. The van der Waals surface area contributed by atoms with Crippen molar-refractivity contribution >= 4 is 11.9 Å². The number of carbonyl (C=O) groups excluding carboxylic acids is 2. The van der Waals surface area contributed by atoms with Gasteiger partial charge in [0.1, 0.15) is 12.2 Å². The Hall–Kier alpha value is -2.36. The number of benzene rings is 1. The highest BCUT2D eigenvalue weighted by Crippen LogP contribution is 2.35. The Morgan fingerprint density at radius 3 is 1.40 bits per heavy atom. The summed E-state index contributed by atoms with van der Waals surface area (Å²) in [5.41, 5.74) is 2.84. The van der Waals surface area contributed by atoms with Gasteiger partial charge in [-0.15, -0.1) is 0 Å². The van der Waals surface area contributed by atoms with Crippen molar-refractivity contribution in [3.8, 4) is 0 Å². The predicted molar refractivity (Wildman–Crippen MR) is 71.6 cm³/mol. The van der Waals surface area contributed by atoms with Crippen molar-refractivity contribution in [2.45, 2.75) is 25.0 Å². The summed E-state index contributed by atoms with van der Waals surface area (Å²) in [6.07, 6.45) is 0.524. The van der Waals surface area contributed by atoms with Crippen LogP contribution in [0.3, 0.4) is 0 Å². The zero-order valence-corrected chi connectivity index (χ0v) is 10.9. The second-order valence-electron chi connectivity index (χ2n) is 5.07. The molecular weight excluding hydrogens is 256 g/mol. The minimum Gasteiger partial charge on any atom is -0.454 e. The fourth-order valence-corrected chi connectivity index (χ4v) is 2.42. The van der Waals surface area contributed by atoms with E-state index in [4.69, 9.17) is 9.47 Å². The summed E-state index contributed by atoms with van der Waals surface area (Å²) in [7, 11) is 0. The van der Waals surface area contributed by atoms with Gasteiger partial charge in [0, 0.05) is 24.0 Å². The molecule has 0 aliphatic carbocycles. The largest absolute Gasteiger partial charge is 0.454 e. The van der Waals surface area contributed by atoms with Crippen LogP contribution in [-0.2, 0) is 19.1 Å². The van der Waals surface area contributed by atoms with Crippen LogP contribution in [0.1, 0.15) is 36.2 Å². The van der Waals surface area contributed by atoms with Gasteiger partial charge in [0.2, 0.25) is 0 Å². The summed E-state index contributed by atoms with van der Waals surface area (Å²) >= 11 is 0. The third kappa shape index (κ3) is 2.13. The van der Waals surface area contributed by atoms with Crippen molar-refractivity contribution in [3.05, 3.63) is 59.7 Å². The molecule has 3 rings (SSSR count). The number of ether oxygens (including phenoxy) is 2. The zero-order valence-electron chi connectivity index (χ0n) is 10.9. The van der Waals surface area contributed by atoms with E-state index >= 15 is 0 Å². The average Bonchev–Trinajstić information content (AvgIpc) is 2.94. The Labute approximate surface area is 116 Å². The third-order valence-electron chi connectivity index (χ3n) is 3.62. The molecule has 2 atom stereocenters. The maximum absolute atomic E-state index is 11.3. The van der Waals surface area contributed by atoms with Gasteiger partial charge in [-0.25, -0.2) is 9.59 Å². The lowest BCUT2D eigenvalue weighted by molar-refractivity contribution is -0.140. The molecule has 0 spiro atoms. The lowest BCUT2D eigenvalue weighted by Crippen LogP contribution is -2.01. The van der Waals surface area contributed by atoms with Gasteiger partial charge in [-0.2, -0.15) is 0 Å². The number of rotatable bonds is 2. The standard InChI is InChI=1S/C16H14O4/c1-9-7-13(19-15(9)17)11-3-5-12(6-4-11)14-8-10(2)16(18)20-14/h3-6,13-14H,1-2,7-8H2.